The standard InChI is InChI=1S/C19H15ClF3N3/c1-11-6-7-12(2)15(8-11)24-17-10-16(20)25-18(26-17)13-4-3-5-14(9-13)19(21,22)23/h3-10H,1-2H3,(H,24,25,26). The molecule has 0 amide bonds. The minimum atomic E-state index is -4.44. The van der Waals surface area contributed by atoms with Crippen molar-refractivity contribution in [2.24, 2.45) is 0 Å². The molecule has 0 atom stereocenters. The van der Waals surface area contributed by atoms with E-state index in [1.54, 1.807) is 0 Å². The first-order valence-corrected chi connectivity index (χ1v) is 8.17. The van der Waals surface area contributed by atoms with E-state index in [0.717, 1.165) is 28.9 Å². The van der Waals surface area contributed by atoms with Crippen molar-refractivity contribution in [2.45, 2.75) is 20.0 Å². The van der Waals surface area contributed by atoms with Crippen molar-refractivity contribution in [2.75, 3.05) is 5.32 Å². The highest BCUT2D eigenvalue weighted by molar-refractivity contribution is 6.29. The van der Waals surface area contributed by atoms with Crippen LogP contribution in [-0.2, 0) is 6.18 Å². The van der Waals surface area contributed by atoms with E-state index in [1.807, 2.05) is 32.0 Å². The van der Waals surface area contributed by atoms with Crippen LogP contribution in [0.15, 0.2) is 48.5 Å². The molecule has 0 saturated carbocycles. The van der Waals surface area contributed by atoms with Crippen molar-refractivity contribution in [3.05, 3.63) is 70.4 Å². The molecule has 3 aromatic rings. The number of benzene rings is 2. The van der Waals surface area contributed by atoms with Gasteiger partial charge in [0.25, 0.3) is 0 Å². The lowest BCUT2D eigenvalue weighted by Crippen LogP contribution is -2.05. The molecule has 0 radical (unpaired) electrons. The van der Waals surface area contributed by atoms with Crippen LogP contribution in [0, 0.1) is 13.8 Å². The average Bonchev–Trinajstić information content (AvgIpc) is 2.57. The number of hydrogen-bond donors (Lipinski definition) is 1. The third-order valence-corrected chi connectivity index (χ3v) is 3.99. The van der Waals surface area contributed by atoms with E-state index in [-0.39, 0.29) is 16.5 Å². The molecule has 2 aromatic carbocycles. The van der Waals surface area contributed by atoms with Crippen LogP contribution in [0.3, 0.4) is 0 Å². The fraction of sp³-hybridized carbons (Fsp3) is 0.158. The molecule has 0 bridgehead atoms. The fourth-order valence-corrected chi connectivity index (χ4v) is 2.64. The Morgan fingerprint density at radius 2 is 1.73 bits per heavy atom. The number of nitrogens with one attached hydrogen (secondary N) is 1. The molecule has 134 valence electrons. The van der Waals surface area contributed by atoms with E-state index in [2.05, 4.69) is 15.3 Å². The maximum atomic E-state index is 12.9. The molecule has 3 rings (SSSR count). The van der Waals surface area contributed by atoms with Gasteiger partial charge in [0.15, 0.2) is 5.82 Å². The molecule has 0 saturated heterocycles. The van der Waals surface area contributed by atoms with Gasteiger partial charge < -0.3 is 5.32 Å². The Kier molecular flexibility index (Phi) is 4.87. The second-order valence-corrected chi connectivity index (χ2v) is 6.31. The molecule has 0 aliphatic carbocycles. The molecular formula is C19H15ClF3N3. The SMILES string of the molecule is Cc1ccc(C)c(Nc2cc(Cl)nc(-c3cccc(C(F)(F)F)c3)n2)c1. The Morgan fingerprint density at radius 3 is 2.46 bits per heavy atom. The molecule has 26 heavy (non-hydrogen) atoms. The molecule has 0 unspecified atom stereocenters. The summed E-state index contributed by atoms with van der Waals surface area (Å²) in [7, 11) is 0. The van der Waals surface area contributed by atoms with Crippen LogP contribution in [0.4, 0.5) is 24.7 Å². The zero-order valence-corrected chi connectivity index (χ0v) is 14.8. The van der Waals surface area contributed by atoms with Crippen LogP contribution < -0.4 is 5.32 Å². The van der Waals surface area contributed by atoms with E-state index < -0.39 is 11.7 Å². The van der Waals surface area contributed by atoms with Gasteiger partial charge in [0.1, 0.15) is 11.0 Å². The Balaban J connectivity index is 1.99. The van der Waals surface area contributed by atoms with Gasteiger partial charge in [0.2, 0.25) is 0 Å². The van der Waals surface area contributed by atoms with Crippen molar-refractivity contribution in [3.63, 3.8) is 0 Å². The highest BCUT2D eigenvalue weighted by Gasteiger charge is 2.30. The Bertz CT molecular complexity index is 955. The van der Waals surface area contributed by atoms with E-state index in [4.69, 9.17) is 11.6 Å². The Hall–Kier alpha value is -2.60. The summed E-state index contributed by atoms with van der Waals surface area (Å²) in [6.45, 7) is 3.91. The van der Waals surface area contributed by atoms with Gasteiger partial charge >= 0.3 is 6.18 Å². The highest BCUT2D eigenvalue weighted by atomic mass is 35.5. The van der Waals surface area contributed by atoms with Crippen LogP contribution in [-0.4, -0.2) is 9.97 Å². The fourth-order valence-electron chi connectivity index (χ4n) is 2.45. The van der Waals surface area contributed by atoms with Gasteiger partial charge in [-0.05, 0) is 43.2 Å². The van der Waals surface area contributed by atoms with Crippen LogP contribution >= 0.6 is 11.6 Å². The normalized spacial score (nSPS) is 11.5. The highest BCUT2D eigenvalue weighted by Crippen LogP contribution is 2.32. The topological polar surface area (TPSA) is 37.8 Å². The summed E-state index contributed by atoms with van der Waals surface area (Å²) in [6.07, 6.45) is -4.44. The summed E-state index contributed by atoms with van der Waals surface area (Å²) in [5.74, 6) is 0.530. The van der Waals surface area contributed by atoms with Gasteiger partial charge in [-0.2, -0.15) is 13.2 Å². The van der Waals surface area contributed by atoms with Crippen molar-refractivity contribution in [3.8, 4) is 11.4 Å². The molecule has 0 aliphatic rings. The number of hydrogen-bond acceptors (Lipinski definition) is 3. The molecular weight excluding hydrogens is 363 g/mol. The molecule has 0 fully saturated rings. The molecule has 1 N–H and O–H groups in total. The predicted molar refractivity (Wildman–Crippen MR) is 96.7 cm³/mol. The van der Waals surface area contributed by atoms with Gasteiger partial charge in [0, 0.05) is 17.3 Å². The van der Waals surface area contributed by atoms with Crippen LogP contribution in [0.25, 0.3) is 11.4 Å². The zero-order chi connectivity index (χ0) is 18.9. The summed E-state index contributed by atoms with van der Waals surface area (Å²) >= 11 is 6.05. The van der Waals surface area contributed by atoms with E-state index in [9.17, 15) is 13.2 Å². The van der Waals surface area contributed by atoms with E-state index >= 15 is 0 Å². The number of halogens is 4. The van der Waals surface area contributed by atoms with Crippen molar-refractivity contribution < 1.29 is 13.2 Å². The largest absolute Gasteiger partial charge is 0.416 e. The first kappa shape index (κ1) is 18.2. The Morgan fingerprint density at radius 1 is 0.962 bits per heavy atom. The minimum absolute atomic E-state index is 0.122. The first-order chi connectivity index (χ1) is 12.2. The number of aromatic nitrogens is 2. The number of rotatable bonds is 3. The smallest absolute Gasteiger partial charge is 0.340 e. The molecule has 1 aromatic heterocycles. The molecule has 0 spiro atoms. The number of anilines is 2. The summed E-state index contributed by atoms with van der Waals surface area (Å²) in [4.78, 5) is 8.37. The predicted octanol–water partition coefficient (Wildman–Crippen LogP) is 6.18. The summed E-state index contributed by atoms with van der Waals surface area (Å²) < 4.78 is 38.8. The third kappa shape index (κ3) is 4.14. The van der Waals surface area contributed by atoms with Gasteiger partial charge in [-0.1, -0.05) is 35.9 Å². The van der Waals surface area contributed by atoms with Crippen LogP contribution in [0.2, 0.25) is 5.15 Å². The summed E-state index contributed by atoms with van der Waals surface area (Å²) in [5.41, 5.74) is 2.39. The van der Waals surface area contributed by atoms with Crippen molar-refractivity contribution in [1.29, 1.82) is 0 Å². The van der Waals surface area contributed by atoms with E-state index in [1.165, 1.54) is 18.2 Å². The molecule has 7 heteroatoms. The number of nitrogens with zero attached hydrogens (tertiary/aromatic N) is 2. The lowest BCUT2D eigenvalue weighted by molar-refractivity contribution is -0.137. The van der Waals surface area contributed by atoms with Crippen molar-refractivity contribution in [1.82, 2.24) is 9.97 Å². The lowest BCUT2D eigenvalue weighted by Gasteiger charge is -2.12. The first-order valence-electron chi connectivity index (χ1n) is 7.79. The minimum Gasteiger partial charge on any atom is -0.340 e. The molecule has 1 heterocycles. The third-order valence-electron chi connectivity index (χ3n) is 3.80. The number of aryl methyl sites for hydroxylation is 2. The second kappa shape index (κ2) is 6.96. The Labute approximate surface area is 153 Å². The maximum absolute atomic E-state index is 12.9. The monoisotopic (exact) mass is 377 g/mol. The van der Waals surface area contributed by atoms with Gasteiger partial charge in [-0.15, -0.1) is 0 Å². The lowest BCUT2D eigenvalue weighted by atomic mass is 10.1. The molecule has 3 nitrogen and oxygen atoms in total. The van der Waals surface area contributed by atoms with E-state index in [0.29, 0.717) is 5.82 Å². The summed E-state index contributed by atoms with van der Waals surface area (Å²) in [6, 6.07) is 12.3. The quantitative estimate of drug-likeness (QED) is 0.554. The van der Waals surface area contributed by atoms with Gasteiger partial charge in [0.05, 0.1) is 5.56 Å². The molecule has 0 aliphatic heterocycles. The zero-order valence-electron chi connectivity index (χ0n) is 14.0. The maximum Gasteiger partial charge on any atom is 0.416 e. The van der Waals surface area contributed by atoms with Crippen LogP contribution in [0.1, 0.15) is 16.7 Å². The van der Waals surface area contributed by atoms with Gasteiger partial charge in [-0.3, -0.25) is 0 Å². The number of alkyl halides is 3. The van der Waals surface area contributed by atoms with Gasteiger partial charge in [-0.25, -0.2) is 9.97 Å². The second-order valence-electron chi connectivity index (χ2n) is 5.92. The summed E-state index contributed by atoms with van der Waals surface area (Å²) in [5, 5.41) is 3.29. The average molecular weight is 378 g/mol. The van der Waals surface area contributed by atoms with Crippen molar-refractivity contribution >= 4 is 23.1 Å². The van der Waals surface area contributed by atoms with Crippen LogP contribution in [0.5, 0.6) is 0 Å².